The van der Waals surface area contributed by atoms with Crippen LogP contribution >= 0.6 is 23.6 Å². The van der Waals surface area contributed by atoms with Gasteiger partial charge in [-0.1, -0.05) is 30.3 Å². The van der Waals surface area contributed by atoms with Crippen LogP contribution in [0.15, 0.2) is 36.5 Å². The van der Waals surface area contributed by atoms with Gasteiger partial charge in [-0.2, -0.15) is 0 Å². The second-order valence-corrected chi connectivity index (χ2v) is 6.70. The molecule has 21 heavy (non-hydrogen) atoms. The summed E-state index contributed by atoms with van der Waals surface area (Å²) in [5.41, 5.74) is 3.36. The Kier molecular flexibility index (Phi) is 3.78. The standard InChI is InChI=1S/C16H17N3S2/c1-10-15(21-12(3)18-10)11(2)19-14(9-17-16(19)20)13-7-5-4-6-8-13/h4-9,11H,1-3H3,(H,17,20). The molecule has 1 N–H and O–H groups in total. The molecular weight excluding hydrogens is 298 g/mol. The minimum atomic E-state index is 0.171. The maximum Gasteiger partial charge on any atom is 0.178 e. The van der Waals surface area contributed by atoms with Crippen LogP contribution in [0.25, 0.3) is 11.3 Å². The van der Waals surface area contributed by atoms with Crippen molar-refractivity contribution in [2.24, 2.45) is 0 Å². The first-order chi connectivity index (χ1) is 10.1. The van der Waals surface area contributed by atoms with Gasteiger partial charge in [0.2, 0.25) is 0 Å². The fourth-order valence-corrected chi connectivity index (χ4v) is 3.93. The maximum atomic E-state index is 5.49. The van der Waals surface area contributed by atoms with Crippen LogP contribution in [0.5, 0.6) is 0 Å². The number of thiazole rings is 1. The molecule has 0 fully saturated rings. The molecule has 108 valence electrons. The Balaban J connectivity index is 2.13. The van der Waals surface area contributed by atoms with E-state index in [2.05, 4.69) is 40.5 Å². The zero-order chi connectivity index (χ0) is 15.0. The highest BCUT2D eigenvalue weighted by molar-refractivity contribution is 7.71. The highest BCUT2D eigenvalue weighted by atomic mass is 32.1. The number of aryl methyl sites for hydroxylation is 2. The number of aromatic amines is 1. The lowest BCUT2D eigenvalue weighted by Crippen LogP contribution is -2.08. The minimum absolute atomic E-state index is 0.171. The van der Waals surface area contributed by atoms with Crippen LogP contribution in [-0.2, 0) is 0 Å². The van der Waals surface area contributed by atoms with E-state index in [1.165, 1.54) is 4.88 Å². The van der Waals surface area contributed by atoms with Crippen LogP contribution in [0, 0.1) is 18.6 Å². The monoisotopic (exact) mass is 315 g/mol. The Morgan fingerprint density at radius 2 is 1.95 bits per heavy atom. The van der Waals surface area contributed by atoms with Gasteiger partial charge in [-0.25, -0.2) is 4.98 Å². The summed E-state index contributed by atoms with van der Waals surface area (Å²) in [4.78, 5) is 8.97. The highest BCUT2D eigenvalue weighted by Crippen LogP contribution is 2.31. The van der Waals surface area contributed by atoms with Gasteiger partial charge in [0.15, 0.2) is 4.77 Å². The fourth-order valence-electron chi connectivity index (χ4n) is 2.65. The number of benzene rings is 1. The lowest BCUT2D eigenvalue weighted by atomic mass is 10.1. The lowest BCUT2D eigenvalue weighted by Gasteiger charge is -2.16. The summed E-state index contributed by atoms with van der Waals surface area (Å²) >= 11 is 7.23. The average molecular weight is 315 g/mol. The van der Waals surface area contributed by atoms with E-state index in [-0.39, 0.29) is 6.04 Å². The van der Waals surface area contributed by atoms with Gasteiger partial charge in [0.05, 0.1) is 27.3 Å². The molecule has 0 saturated heterocycles. The second kappa shape index (κ2) is 5.58. The van der Waals surface area contributed by atoms with Crippen molar-refractivity contribution >= 4 is 23.6 Å². The van der Waals surface area contributed by atoms with Crippen molar-refractivity contribution in [1.29, 1.82) is 0 Å². The second-order valence-electron chi connectivity index (χ2n) is 5.07. The number of nitrogens with zero attached hydrogens (tertiary/aromatic N) is 2. The van der Waals surface area contributed by atoms with E-state index in [4.69, 9.17) is 12.2 Å². The maximum absolute atomic E-state index is 5.49. The van der Waals surface area contributed by atoms with Gasteiger partial charge in [-0.3, -0.25) is 0 Å². The molecule has 3 nitrogen and oxygen atoms in total. The quantitative estimate of drug-likeness (QED) is 0.698. The van der Waals surface area contributed by atoms with Crippen molar-refractivity contribution < 1.29 is 0 Å². The van der Waals surface area contributed by atoms with E-state index in [1.54, 1.807) is 11.3 Å². The summed E-state index contributed by atoms with van der Waals surface area (Å²) in [6.45, 7) is 6.28. The third-order valence-corrected chi connectivity index (χ3v) is 5.14. The van der Waals surface area contributed by atoms with Gasteiger partial charge < -0.3 is 9.55 Å². The molecule has 0 amide bonds. The Morgan fingerprint density at radius 1 is 1.24 bits per heavy atom. The fraction of sp³-hybridized carbons (Fsp3) is 0.250. The van der Waals surface area contributed by atoms with Gasteiger partial charge in [-0.15, -0.1) is 11.3 Å². The molecule has 2 heterocycles. The highest BCUT2D eigenvalue weighted by Gasteiger charge is 2.18. The predicted molar refractivity (Wildman–Crippen MR) is 90.5 cm³/mol. The van der Waals surface area contributed by atoms with E-state index in [1.807, 2.05) is 31.3 Å². The van der Waals surface area contributed by atoms with Gasteiger partial charge in [0.25, 0.3) is 0 Å². The zero-order valence-corrected chi connectivity index (χ0v) is 13.9. The van der Waals surface area contributed by atoms with Crippen molar-refractivity contribution in [2.75, 3.05) is 0 Å². The topological polar surface area (TPSA) is 33.6 Å². The molecule has 0 aliphatic carbocycles. The molecule has 0 saturated carbocycles. The molecule has 2 aromatic heterocycles. The van der Waals surface area contributed by atoms with Gasteiger partial charge in [0.1, 0.15) is 0 Å². The van der Waals surface area contributed by atoms with Crippen LogP contribution in [0.2, 0.25) is 0 Å². The summed E-state index contributed by atoms with van der Waals surface area (Å²) in [6.07, 6.45) is 1.98. The van der Waals surface area contributed by atoms with Crippen molar-refractivity contribution in [1.82, 2.24) is 14.5 Å². The Morgan fingerprint density at radius 3 is 2.57 bits per heavy atom. The molecule has 5 heteroatoms. The molecule has 3 aromatic rings. The third-order valence-electron chi connectivity index (χ3n) is 3.59. The lowest BCUT2D eigenvalue weighted by molar-refractivity contribution is 0.642. The smallest absolute Gasteiger partial charge is 0.178 e. The summed E-state index contributed by atoms with van der Waals surface area (Å²) in [5.74, 6) is 0. The molecule has 1 unspecified atom stereocenters. The van der Waals surface area contributed by atoms with Crippen LogP contribution in [0.4, 0.5) is 0 Å². The molecule has 0 radical (unpaired) electrons. The molecule has 0 aliphatic heterocycles. The minimum Gasteiger partial charge on any atom is -0.337 e. The van der Waals surface area contributed by atoms with Crippen LogP contribution in [-0.4, -0.2) is 14.5 Å². The van der Waals surface area contributed by atoms with E-state index in [0.29, 0.717) is 0 Å². The zero-order valence-electron chi connectivity index (χ0n) is 12.3. The largest absolute Gasteiger partial charge is 0.337 e. The number of hydrogen-bond acceptors (Lipinski definition) is 3. The Bertz CT molecular complexity index is 812. The molecule has 1 atom stereocenters. The van der Waals surface area contributed by atoms with E-state index in [0.717, 1.165) is 26.7 Å². The Labute approximate surface area is 133 Å². The van der Waals surface area contributed by atoms with Gasteiger partial charge in [-0.05, 0) is 38.6 Å². The first-order valence-electron chi connectivity index (χ1n) is 6.87. The molecule has 1 aromatic carbocycles. The van der Waals surface area contributed by atoms with Crippen LogP contribution in [0.3, 0.4) is 0 Å². The Hall–Kier alpha value is -1.72. The number of aromatic nitrogens is 3. The molecular formula is C16H17N3S2. The third kappa shape index (κ3) is 2.59. The number of H-pyrrole nitrogens is 1. The van der Waals surface area contributed by atoms with Crippen molar-refractivity contribution in [3.63, 3.8) is 0 Å². The van der Waals surface area contributed by atoms with Crippen molar-refractivity contribution in [3.8, 4) is 11.3 Å². The molecule has 0 spiro atoms. The van der Waals surface area contributed by atoms with Gasteiger partial charge in [0, 0.05) is 6.20 Å². The summed E-state index contributed by atoms with van der Waals surface area (Å²) in [7, 11) is 0. The van der Waals surface area contributed by atoms with E-state index >= 15 is 0 Å². The summed E-state index contributed by atoms with van der Waals surface area (Å²) in [6, 6.07) is 10.5. The van der Waals surface area contributed by atoms with Crippen LogP contribution in [0.1, 0.15) is 28.5 Å². The number of imidazole rings is 1. The SMILES string of the molecule is Cc1nc(C)c(C(C)n2c(-c3ccccc3)c[nH]c2=S)s1. The van der Waals surface area contributed by atoms with Crippen molar-refractivity contribution in [3.05, 3.63) is 56.9 Å². The first-order valence-corrected chi connectivity index (χ1v) is 8.09. The first kappa shape index (κ1) is 14.2. The molecule has 3 rings (SSSR count). The number of rotatable bonds is 3. The molecule has 0 aliphatic rings. The normalized spacial score (nSPS) is 12.5. The number of hydrogen-bond donors (Lipinski definition) is 1. The van der Waals surface area contributed by atoms with Gasteiger partial charge >= 0.3 is 0 Å². The summed E-state index contributed by atoms with van der Waals surface area (Å²) < 4.78 is 2.91. The van der Waals surface area contributed by atoms with E-state index < -0.39 is 0 Å². The summed E-state index contributed by atoms with van der Waals surface area (Å²) in [5, 5.41) is 1.10. The molecule has 0 bridgehead atoms. The average Bonchev–Trinajstić information content (AvgIpc) is 3.02. The van der Waals surface area contributed by atoms with Crippen LogP contribution < -0.4 is 0 Å². The van der Waals surface area contributed by atoms with E-state index in [9.17, 15) is 0 Å². The predicted octanol–water partition coefficient (Wildman–Crippen LogP) is 4.90. The van der Waals surface area contributed by atoms with Crippen molar-refractivity contribution in [2.45, 2.75) is 26.8 Å². The number of nitrogens with one attached hydrogen (secondary N) is 1.